The average molecular weight is 499 g/mol. The largest absolute Gasteiger partial charge is 0.494 e. The molecule has 1 atom stereocenters. The number of nitrogens with two attached hydrogens (primary N) is 2. The quantitative estimate of drug-likeness (QED) is 0.416. The monoisotopic (exact) mass is 498 g/mol. The molecule has 12 heteroatoms. The molecule has 3 aromatic heterocycles. The van der Waals surface area contributed by atoms with Gasteiger partial charge in [0.2, 0.25) is 0 Å². The number of methoxy groups -OCH3 is 1. The molecule has 1 saturated heterocycles. The van der Waals surface area contributed by atoms with Crippen molar-refractivity contribution < 1.29 is 17.9 Å². The number of anilines is 2. The van der Waals surface area contributed by atoms with Crippen molar-refractivity contribution in [3.8, 4) is 17.0 Å². The summed E-state index contributed by atoms with van der Waals surface area (Å²) in [6, 6.07) is 6.38. The van der Waals surface area contributed by atoms with E-state index in [1.165, 1.54) is 25.6 Å². The lowest BCUT2D eigenvalue weighted by Crippen LogP contribution is -2.59. The van der Waals surface area contributed by atoms with E-state index in [4.69, 9.17) is 16.2 Å². The second kappa shape index (κ2) is 9.26. The number of nitrogen functional groups attached to an aromatic ring is 1. The number of hydrogen-bond acceptors (Lipinski definition) is 8. The Morgan fingerprint density at radius 3 is 2.75 bits per heavy atom. The van der Waals surface area contributed by atoms with Crippen LogP contribution in [0.2, 0.25) is 0 Å². The fourth-order valence-corrected chi connectivity index (χ4v) is 4.58. The Kier molecular flexibility index (Phi) is 6.12. The molecule has 0 bridgehead atoms. The summed E-state index contributed by atoms with van der Waals surface area (Å²) in [6.07, 6.45) is 2.65. The lowest BCUT2D eigenvalue weighted by atomic mass is 9.90. The summed E-state index contributed by atoms with van der Waals surface area (Å²) in [7, 11) is 1.39. The Bertz CT molecular complexity index is 1410. The molecule has 1 fully saturated rings. The number of alkyl halides is 2. The topological polar surface area (TPSA) is 121 Å². The lowest BCUT2D eigenvalue weighted by molar-refractivity contribution is 0.0448. The van der Waals surface area contributed by atoms with E-state index in [-0.39, 0.29) is 24.5 Å². The fraction of sp³-hybridized carbons (Fsp3) is 0.333. The fourth-order valence-electron chi connectivity index (χ4n) is 4.58. The van der Waals surface area contributed by atoms with E-state index < -0.39 is 17.8 Å². The van der Waals surface area contributed by atoms with Crippen molar-refractivity contribution in [3.05, 3.63) is 54.5 Å². The molecule has 0 aliphatic carbocycles. The standard InChI is InChI=1S/C24H25F3N8O/c1-36-19-4-3-14(7-16(19)25)17-8-15(10-35-13-33-20-21(28)31-12-32-22(20)35)18(9-30-17)34-6-2-5-24(29,11-34)23(26)27/h3-4,7-9,12-13,23H,2,5-6,10-11,29H2,1H3,(H2,28,31,32)/t24-/m1/s1. The van der Waals surface area contributed by atoms with Gasteiger partial charge in [0.05, 0.1) is 43.1 Å². The van der Waals surface area contributed by atoms with Gasteiger partial charge < -0.3 is 25.7 Å². The highest BCUT2D eigenvalue weighted by atomic mass is 19.3. The van der Waals surface area contributed by atoms with Gasteiger partial charge in [0.15, 0.2) is 23.0 Å². The maximum Gasteiger partial charge on any atom is 0.258 e. The van der Waals surface area contributed by atoms with E-state index >= 15 is 0 Å². The summed E-state index contributed by atoms with van der Waals surface area (Å²) in [5.74, 6) is -0.141. The minimum atomic E-state index is -2.66. The minimum Gasteiger partial charge on any atom is -0.494 e. The molecule has 0 radical (unpaired) electrons. The third kappa shape index (κ3) is 4.28. The predicted octanol–water partition coefficient (Wildman–Crippen LogP) is 3.23. The zero-order valence-electron chi connectivity index (χ0n) is 19.5. The molecule has 5 rings (SSSR count). The van der Waals surface area contributed by atoms with Gasteiger partial charge in [0, 0.05) is 18.7 Å². The third-order valence-electron chi connectivity index (χ3n) is 6.51. The first kappa shape index (κ1) is 23.8. The summed E-state index contributed by atoms with van der Waals surface area (Å²) >= 11 is 0. The van der Waals surface area contributed by atoms with E-state index in [0.717, 1.165) is 5.56 Å². The van der Waals surface area contributed by atoms with E-state index in [2.05, 4.69) is 19.9 Å². The number of aromatic nitrogens is 5. The summed E-state index contributed by atoms with van der Waals surface area (Å²) in [6.45, 7) is 0.825. The van der Waals surface area contributed by atoms with E-state index in [0.29, 0.717) is 47.6 Å². The third-order valence-corrected chi connectivity index (χ3v) is 6.51. The summed E-state index contributed by atoms with van der Waals surface area (Å²) in [5, 5.41) is 0. The van der Waals surface area contributed by atoms with Gasteiger partial charge in [0.1, 0.15) is 11.8 Å². The number of hydrogen-bond donors (Lipinski definition) is 2. The first-order chi connectivity index (χ1) is 17.3. The van der Waals surface area contributed by atoms with Crippen LogP contribution in [0.15, 0.2) is 43.1 Å². The van der Waals surface area contributed by atoms with Crippen LogP contribution in [-0.4, -0.2) is 56.7 Å². The molecular weight excluding hydrogens is 473 g/mol. The maximum atomic E-state index is 14.4. The van der Waals surface area contributed by atoms with Crippen LogP contribution in [0, 0.1) is 5.82 Å². The van der Waals surface area contributed by atoms with Gasteiger partial charge in [-0.3, -0.25) is 4.98 Å². The summed E-state index contributed by atoms with van der Waals surface area (Å²) in [5.41, 5.74) is 13.8. The maximum absolute atomic E-state index is 14.4. The molecule has 4 aromatic rings. The molecule has 4 N–H and O–H groups in total. The number of imidazole rings is 1. The van der Waals surface area contributed by atoms with Crippen LogP contribution in [0.1, 0.15) is 18.4 Å². The number of benzene rings is 1. The van der Waals surface area contributed by atoms with Crippen LogP contribution in [0.25, 0.3) is 22.4 Å². The molecule has 9 nitrogen and oxygen atoms in total. The van der Waals surface area contributed by atoms with Crippen molar-refractivity contribution in [2.24, 2.45) is 5.73 Å². The van der Waals surface area contributed by atoms with Crippen molar-refractivity contribution in [1.82, 2.24) is 24.5 Å². The van der Waals surface area contributed by atoms with E-state index in [1.807, 2.05) is 11.0 Å². The highest BCUT2D eigenvalue weighted by Gasteiger charge is 2.40. The van der Waals surface area contributed by atoms with Gasteiger partial charge >= 0.3 is 0 Å². The molecule has 188 valence electrons. The molecule has 36 heavy (non-hydrogen) atoms. The normalized spacial score (nSPS) is 18.2. The molecule has 0 unspecified atom stereocenters. The average Bonchev–Trinajstić information content (AvgIpc) is 3.28. The zero-order chi connectivity index (χ0) is 25.4. The Morgan fingerprint density at radius 2 is 2.00 bits per heavy atom. The molecular formula is C24H25F3N8O. The molecule has 0 amide bonds. The van der Waals surface area contributed by atoms with Crippen molar-refractivity contribution in [1.29, 1.82) is 0 Å². The van der Waals surface area contributed by atoms with Crippen molar-refractivity contribution in [2.75, 3.05) is 30.8 Å². The molecule has 1 aliphatic rings. The van der Waals surface area contributed by atoms with Crippen molar-refractivity contribution in [2.45, 2.75) is 31.4 Å². The number of pyridine rings is 1. The first-order valence-corrected chi connectivity index (χ1v) is 11.3. The highest BCUT2D eigenvalue weighted by Crippen LogP contribution is 2.33. The van der Waals surface area contributed by atoms with E-state index in [9.17, 15) is 13.2 Å². The van der Waals surface area contributed by atoms with Gasteiger partial charge in [0.25, 0.3) is 6.43 Å². The molecule has 1 aliphatic heterocycles. The molecule has 0 saturated carbocycles. The minimum absolute atomic E-state index is 0.0182. The molecule has 1 aromatic carbocycles. The Labute approximate surface area is 204 Å². The van der Waals surface area contributed by atoms with Gasteiger partial charge in [-0.1, -0.05) is 0 Å². The predicted molar refractivity (Wildman–Crippen MR) is 129 cm³/mol. The van der Waals surface area contributed by atoms with Crippen LogP contribution in [0.5, 0.6) is 5.75 Å². The van der Waals surface area contributed by atoms with Gasteiger partial charge in [-0.2, -0.15) is 0 Å². The first-order valence-electron chi connectivity index (χ1n) is 11.3. The van der Waals surface area contributed by atoms with Crippen LogP contribution < -0.4 is 21.1 Å². The zero-order valence-corrected chi connectivity index (χ0v) is 19.5. The molecule has 0 spiro atoms. The summed E-state index contributed by atoms with van der Waals surface area (Å²) in [4.78, 5) is 18.9. The summed E-state index contributed by atoms with van der Waals surface area (Å²) < 4.78 is 48.7. The van der Waals surface area contributed by atoms with Crippen LogP contribution in [-0.2, 0) is 6.54 Å². The molecule has 4 heterocycles. The second-order valence-corrected chi connectivity index (χ2v) is 8.91. The van der Waals surface area contributed by atoms with Crippen molar-refractivity contribution in [3.63, 3.8) is 0 Å². The number of halogens is 3. The number of nitrogens with zero attached hydrogens (tertiary/aromatic N) is 6. The number of rotatable bonds is 6. The lowest BCUT2D eigenvalue weighted by Gasteiger charge is -2.41. The highest BCUT2D eigenvalue weighted by molar-refractivity contribution is 5.81. The van der Waals surface area contributed by atoms with Crippen molar-refractivity contribution >= 4 is 22.7 Å². The van der Waals surface area contributed by atoms with E-state index in [1.54, 1.807) is 23.2 Å². The van der Waals surface area contributed by atoms with Gasteiger partial charge in [-0.25, -0.2) is 28.1 Å². The number of piperidine rings is 1. The Balaban J connectivity index is 1.58. The number of fused-ring (bicyclic) bond motifs is 1. The van der Waals surface area contributed by atoms with Crippen LogP contribution >= 0.6 is 0 Å². The van der Waals surface area contributed by atoms with Gasteiger partial charge in [-0.15, -0.1) is 0 Å². The SMILES string of the molecule is COc1ccc(-c2cc(Cn3cnc4c(N)ncnc43)c(N3CCC[C@](N)(C(F)F)C3)cn2)cc1F. The number of ether oxygens (including phenoxy) is 1. The Morgan fingerprint density at radius 1 is 1.17 bits per heavy atom. The Hall–Kier alpha value is -3.93. The van der Waals surface area contributed by atoms with Gasteiger partial charge in [-0.05, 0) is 42.7 Å². The van der Waals surface area contributed by atoms with Crippen LogP contribution in [0.3, 0.4) is 0 Å². The smallest absolute Gasteiger partial charge is 0.258 e. The van der Waals surface area contributed by atoms with Crippen LogP contribution in [0.4, 0.5) is 24.7 Å². The second-order valence-electron chi connectivity index (χ2n) is 8.91.